The second-order valence-corrected chi connectivity index (χ2v) is 8.93. The first-order valence-electron chi connectivity index (χ1n) is 11.5. The monoisotopic (exact) mass is 451 g/mol. The fourth-order valence-electron chi connectivity index (χ4n) is 4.83. The maximum Gasteiger partial charge on any atom is 0.270 e. The number of nitrogens with zero attached hydrogens (tertiary/aromatic N) is 4. The molecule has 1 aliphatic heterocycles. The molecular formula is C25H30FN5O2. The lowest BCUT2D eigenvalue weighted by Gasteiger charge is -2.17. The average Bonchev–Trinajstić information content (AvgIpc) is 3.49. The van der Waals surface area contributed by atoms with Crippen molar-refractivity contribution >= 4 is 11.7 Å². The van der Waals surface area contributed by atoms with Gasteiger partial charge in [-0.25, -0.2) is 9.07 Å². The van der Waals surface area contributed by atoms with Gasteiger partial charge in [0.1, 0.15) is 11.5 Å². The van der Waals surface area contributed by atoms with Gasteiger partial charge in [0.15, 0.2) is 5.78 Å². The number of aryl methyl sites for hydroxylation is 1. The number of benzene rings is 1. The van der Waals surface area contributed by atoms with Crippen LogP contribution in [0.5, 0.6) is 0 Å². The first-order valence-corrected chi connectivity index (χ1v) is 11.5. The Kier molecular flexibility index (Phi) is 6.44. The summed E-state index contributed by atoms with van der Waals surface area (Å²) in [5.41, 5.74) is 4.82. The summed E-state index contributed by atoms with van der Waals surface area (Å²) in [6.45, 7) is 8.46. The summed E-state index contributed by atoms with van der Waals surface area (Å²) in [6.07, 6.45) is 4.96. The van der Waals surface area contributed by atoms with Gasteiger partial charge in [0.25, 0.3) is 5.91 Å². The van der Waals surface area contributed by atoms with Gasteiger partial charge < -0.3 is 9.88 Å². The molecule has 1 N–H and O–H groups in total. The number of carbonyl (C=O) groups is 2. The molecule has 7 nitrogen and oxygen atoms in total. The summed E-state index contributed by atoms with van der Waals surface area (Å²) in [5, 5.41) is 8.45. The SMILES string of the molecule is CCCc1c(C(=O)N2CCC(Cc3cn(-c4cccc(F)c4C)nn3)C2)[nH]c(C)c1C(C)=O. The second-order valence-electron chi connectivity index (χ2n) is 8.93. The maximum atomic E-state index is 13.9. The van der Waals surface area contributed by atoms with Crippen LogP contribution in [0.25, 0.3) is 5.69 Å². The molecule has 1 saturated heterocycles. The van der Waals surface area contributed by atoms with Crippen molar-refractivity contribution in [3.05, 3.63) is 64.0 Å². The van der Waals surface area contributed by atoms with E-state index >= 15 is 0 Å². The largest absolute Gasteiger partial charge is 0.354 e. The van der Waals surface area contributed by atoms with Crippen molar-refractivity contribution in [2.75, 3.05) is 13.1 Å². The Balaban J connectivity index is 1.46. The molecule has 3 heterocycles. The zero-order valence-corrected chi connectivity index (χ0v) is 19.6. The molecule has 3 aromatic rings. The molecule has 1 fully saturated rings. The van der Waals surface area contributed by atoms with Crippen LogP contribution in [0.2, 0.25) is 0 Å². The van der Waals surface area contributed by atoms with Crippen LogP contribution in [0.3, 0.4) is 0 Å². The Morgan fingerprint density at radius 1 is 1.27 bits per heavy atom. The molecule has 1 amide bonds. The fraction of sp³-hybridized carbons (Fsp3) is 0.440. The number of carbonyl (C=O) groups excluding carboxylic acids is 2. The molecule has 1 aromatic carbocycles. The van der Waals surface area contributed by atoms with E-state index in [1.165, 1.54) is 6.07 Å². The fourth-order valence-corrected chi connectivity index (χ4v) is 4.83. The first kappa shape index (κ1) is 22.9. The van der Waals surface area contributed by atoms with Crippen molar-refractivity contribution in [1.82, 2.24) is 24.9 Å². The van der Waals surface area contributed by atoms with Crippen molar-refractivity contribution in [3.8, 4) is 5.69 Å². The molecule has 33 heavy (non-hydrogen) atoms. The Morgan fingerprint density at radius 2 is 2.06 bits per heavy atom. The van der Waals surface area contributed by atoms with Crippen molar-refractivity contribution in [3.63, 3.8) is 0 Å². The summed E-state index contributed by atoms with van der Waals surface area (Å²) in [7, 11) is 0. The third-order valence-electron chi connectivity index (χ3n) is 6.45. The molecule has 0 saturated carbocycles. The molecule has 4 rings (SSSR count). The number of aromatic amines is 1. The number of nitrogens with one attached hydrogen (secondary N) is 1. The number of aromatic nitrogens is 4. The third-order valence-corrected chi connectivity index (χ3v) is 6.45. The zero-order chi connectivity index (χ0) is 23.7. The number of likely N-dealkylation sites (tertiary alicyclic amines) is 1. The molecule has 1 unspecified atom stereocenters. The standard InChI is InChI=1S/C25H30FN5O2/c1-5-7-20-23(17(4)32)16(3)27-24(20)25(33)30-11-10-18(13-30)12-19-14-31(29-28-19)22-9-6-8-21(26)15(22)2/h6,8-9,14,18,27H,5,7,10-13H2,1-4H3. The number of ketones is 1. The molecule has 0 spiro atoms. The van der Waals surface area contributed by atoms with E-state index in [4.69, 9.17) is 0 Å². The summed E-state index contributed by atoms with van der Waals surface area (Å²) in [6, 6.07) is 4.90. The van der Waals surface area contributed by atoms with E-state index in [-0.39, 0.29) is 23.4 Å². The van der Waals surface area contributed by atoms with Gasteiger partial charge in [-0.15, -0.1) is 5.10 Å². The van der Waals surface area contributed by atoms with Gasteiger partial charge in [0.05, 0.1) is 17.6 Å². The number of H-pyrrole nitrogens is 1. The van der Waals surface area contributed by atoms with Gasteiger partial charge in [-0.3, -0.25) is 9.59 Å². The quantitative estimate of drug-likeness (QED) is 0.546. The van der Waals surface area contributed by atoms with Crippen LogP contribution in [0, 0.1) is 25.6 Å². The van der Waals surface area contributed by atoms with Crippen molar-refractivity contribution in [2.45, 2.75) is 53.4 Å². The molecule has 0 aliphatic carbocycles. The topological polar surface area (TPSA) is 83.9 Å². The predicted molar refractivity (Wildman–Crippen MR) is 123 cm³/mol. The van der Waals surface area contributed by atoms with Gasteiger partial charge in [0, 0.05) is 29.9 Å². The summed E-state index contributed by atoms with van der Waals surface area (Å²) in [4.78, 5) is 30.5. The molecule has 8 heteroatoms. The summed E-state index contributed by atoms with van der Waals surface area (Å²) in [5.74, 6) is -0.0622. The van der Waals surface area contributed by atoms with Gasteiger partial charge >= 0.3 is 0 Å². The van der Waals surface area contributed by atoms with Gasteiger partial charge in [-0.05, 0) is 63.6 Å². The van der Waals surface area contributed by atoms with E-state index < -0.39 is 0 Å². The minimum Gasteiger partial charge on any atom is -0.354 e. The molecule has 0 bridgehead atoms. The van der Waals surface area contributed by atoms with Gasteiger partial charge in [-0.2, -0.15) is 0 Å². The van der Waals surface area contributed by atoms with E-state index in [9.17, 15) is 14.0 Å². The molecule has 2 aromatic heterocycles. The lowest BCUT2D eigenvalue weighted by Crippen LogP contribution is -2.30. The van der Waals surface area contributed by atoms with E-state index in [2.05, 4.69) is 15.3 Å². The van der Waals surface area contributed by atoms with Crippen LogP contribution in [0.15, 0.2) is 24.4 Å². The van der Waals surface area contributed by atoms with Crippen molar-refractivity contribution < 1.29 is 14.0 Å². The number of Topliss-reactive ketones (excluding diaryl/α,β-unsaturated/α-hetero) is 1. The highest BCUT2D eigenvalue weighted by molar-refractivity contribution is 6.02. The van der Waals surface area contributed by atoms with E-state index in [1.54, 1.807) is 24.6 Å². The highest BCUT2D eigenvalue weighted by Crippen LogP contribution is 2.27. The Bertz CT molecular complexity index is 1200. The van der Waals surface area contributed by atoms with Crippen LogP contribution >= 0.6 is 0 Å². The number of hydrogen-bond acceptors (Lipinski definition) is 4. The maximum absolute atomic E-state index is 13.9. The third kappa shape index (κ3) is 4.47. The van der Waals surface area contributed by atoms with Crippen LogP contribution in [0.1, 0.15) is 70.1 Å². The lowest BCUT2D eigenvalue weighted by molar-refractivity contribution is 0.0780. The molecular weight excluding hydrogens is 421 g/mol. The first-order chi connectivity index (χ1) is 15.8. The van der Waals surface area contributed by atoms with Crippen LogP contribution in [-0.4, -0.2) is 49.7 Å². The minimum atomic E-state index is -0.274. The van der Waals surface area contributed by atoms with Gasteiger partial charge in [0.2, 0.25) is 0 Å². The van der Waals surface area contributed by atoms with E-state index in [0.29, 0.717) is 48.4 Å². The van der Waals surface area contributed by atoms with E-state index in [0.717, 1.165) is 29.8 Å². The van der Waals surface area contributed by atoms with Gasteiger partial charge in [-0.1, -0.05) is 24.6 Å². The number of rotatable bonds is 7. The lowest BCUT2D eigenvalue weighted by atomic mass is 10.0. The summed E-state index contributed by atoms with van der Waals surface area (Å²) < 4.78 is 15.5. The molecule has 1 atom stereocenters. The average molecular weight is 452 g/mol. The van der Waals surface area contributed by atoms with Crippen molar-refractivity contribution in [1.29, 1.82) is 0 Å². The normalized spacial score (nSPS) is 15.9. The number of hydrogen-bond donors (Lipinski definition) is 1. The second kappa shape index (κ2) is 9.29. The predicted octanol–water partition coefficient (Wildman–Crippen LogP) is 4.21. The molecule has 174 valence electrons. The highest BCUT2D eigenvalue weighted by atomic mass is 19.1. The van der Waals surface area contributed by atoms with Crippen LogP contribution < -0.4 is 0 Å². The zero-order valence-electron chi connectivity index (χ0n) is 19.6. The minimum absolute atomic E-state index is 0.0119. The van der Waals surface area contributed by atoms with Crippen molar-refractivity contribution in [2.24, 2.45) is 5.92 Å². The molecule has 1 aliphatic rings. The Hall–Kier alpha value is -3.29. The molecule has 0 radical (unpaired) electrons. The Morgan fingerprint density at radius 3 is 2.79 bits per heavy atom. The summed E-state index contributed by atoms with van der Waals surface area (Å²) >= 11 is 0. The van der Waals surface area contributed by atoms with Crippen LogP contribution in [0.4, 0.5) is 4.39 Å². The Labute approximate surface area is 193 Å². The number of amides is 1. The smallest absolute Gasteiger partial charge is 0.270 e. The number of halogens is 1. The highest BCUT2D eigenvalue weighted by Gasteiger charge is 2.31. The van der Waals surface area contributed by atoms with E-state index in [1.807, 2.05) is 31.0 Å². The van der Waals surface area contributed by atoms with Crippen LogP contribution in [-0.2, 0) is 12.8 Å².